The van der Waals surface area contributed by atoms with Crippen LogP contribution in [0, 0.1) is 0 Å². The number of aliphatic imine (C=N–C) groups is 1. The molecule has 1 saturated heterocycles. The number of ether oxygens (including phenoxy) is 1. The SMILES string of the molecule is COc1cccc2c1CN1CCNC1=N2. The average Bonchev–Trinajstić information content (AvgIpc) is 2.72. The van der Waals surface area contributed by atoms with Gasteiger partial charge in [0.1, 0.15) is 5.75 Å². The second kappa shape index (κ2) is 3.15. The third-order valence-corrected chi connectivity index (χ3v) is 2.87. The fraction of sp³-hybridized carbons (Fsp3) is 0.364. The molecule has 0 unspecified atom stereocenters. The van der Waals surface area contributed by atoms with Crippen LogP contribution < -0.4 is 10.1 Å². The summed E-state index contributed by atoms with van der Waals surface area (Å²) in [5.41, 5.74) is 2.21. The van der Waals surface area contributed by atoms with E-state index in [1.807, 2.05) is 18.2 Å². The number of hydrogen-bond acceptors (Lipinski definition) is 4. The Hall–Kier alpha value is -1.71. The zero-order valence-corrected chi connectivity index (χ0v) is 8.66. The van der Waals surface area contributed by atoms with Crippen LogP contribution in [0.25, 0.3) is 0 Å². The minimum absolute atomic E-state index is 0.894. The Balaban J connectivity index is 2.10. The number of fused-ring (bicyclic) bond motifs is 2. The molecule has 1 N–H and O–H groups in total. The Bertz CT molecular complexity index is 428. The number of nitrogens with one attached hydrogen (secondary N) is 1. The smallest absolute Gasteiger partial charge is 0.199 e. The van der Waals surface area contributed by atoms with Crippen molar-refractivity contribution >= 4 is 11.6 Å². The minimum Gasteiger partial charge on any atom is -0.496 e. The van der Waals surface area contributed by atoms with Crippen molar-refractivity contribution < 1.29 is 4.74 Å². The molecule has 0 saturated carbocycles. The third-order valence-electron chi connectivity index (χ3n) is 2.87. The summed E-state index contributed by atoms with van der Waals surface area (Å²) in [6.45, 7) is 2.90. The lowest BCUT2D eigenvalue weighted by Crippen LogP contribution is -2.31. The standard InChI is InChI=1S/C11H13N3O/c1-15-10-4-2-3-9-8(10)7-14-6-5-12-11(14)13-9/h2-4H,5-7H2,1H3,(H,12,13). The maximum atomic E-state index is 5.34. The summed E-state index contributed by atoms with van der Waals surface area (Å²) in [6, 6.07) is 6.00. The summed E-state index contributed by atoms with van der Waals surface area (Å²) in [6.07, 6.45) is 0. The molecule has 3 rings (SSSR count). The molecule has 2 aliphatic rings. The summed E-state index contributed by atoms with van der Waals surface area (Å²) >= 11 is 0. The van der Waals surface area contributed by atoms with Gasteiger partial charge in [-0.1, -0.05) is 6.07 Å². The van der Waals surface area contributed by atoms with Gasteiger partial charge in [0.25, 0.3) is 0 Å². The van der Waals surface area contributed by atoms with Crippen molar-refractivity contribution in [2.75, 3.05) is 20.2 Å². The Morgan fingerprint density at radius 2 is 2.40 bits per heavy atom. The zero-order valence-electron chi connectivity index (χ0n) is 8.66. The van der Waals surface area contributed by atoms with Crippen molar-refractivity contribution in [1.29, 1.82) is 0 Å². The molecule has 4 nitrogen and oxygen atoms in total. The van der Waals surface area contributed by atoms with Gasteiger partial charge in [-0.25, -0.2) is 4.99 Å². The second-order valence-electron chi connectivity index (χ2n) is 3.74. The Morgan fingerprint density at radius 1 is 1.47 bits per heavy atom. The molecule has 0 bridgehead atoms. The molecule has 0 atom stereocenters. The molecular weight excluding hydrogens is 190 g/mol. The Kier molecular flexibility index (Phi) is 1.80. The van der Waals surface area contributed by atoms with E-state index >= 15 is 0 Å². The summed E-state index contributed by atoms with van der Waals surface area (Å²) in [7, 11) is 1.71. The quantitative estimate of drug-likeness (QED) is 0.742. The molecule has 15 heavy (non-hydrogen) atoms. The van der Waals surface area contributed by atoms with Gasteiger partial charge in [0.2, 0.25) is 0 Å². The highest BCUT2D eigenvalue weighted by Crippen LogP contribution is 2.33. The monoisotopic (exact) mass is 203 g/mol. The van der Waals surface area contributed by atoms with Crippen LogP contribution in [0.3, 0.4) is 0 Å². The van der Waals surface area contributed by atoms with Crippen molar-refractivity contribution in [3.8, 4) is 5.75 Å². The lowest BCUT2D eigenvalue weighted by atomic mass is 10.1. The highest BCUT2D eigenvalue weighted by atomic mass is 16.5. The van der Waals surface area contributed by atoms with E-state index in [0.717, 1.165) is 37.0 Å². The molecule has 1 aromatic rings. The highest BCUT2D eigenvalue weighted by Gasteiger charge is 2.25. The molecule has 78 valence electrons. The normalized spacial score (nSPS) is 17.7. The van der Waals surface area contributed by atoms with E-state index in [0.29, 0.717) is 0 Å². The Labute approximate surface area is 88.6 Å². The largest absolute Gasteiger partial charge is 0.496 e. The summed E-state index contributed by atoms with van der Waals surface area (Å²) in [5, 5.41) is 3.27. The molecular formula is C11H13N3O. The van der Waals surface area contributed by atoms with E-state index < -0.39 is 0 Å². The number of nitrogens with zero attached hydrogens (tertiary/aromatic N) is 2. The third kappa shape index (κ3) is 1.25. The predicted octanol–water partition coefficient (Wildman–Crippen LogP) is 1.10. The van der Waals surface area contributed by atoms with Gasteiger partial charge in [0, 0.05) is 18.7 Å². The number of rotatable bonds is 1. The van der Waals surface area contributed by atoms with Crippen molar-refractivity contribution in [3.05, 3.63) is 23.8 Å². The number of benzene rings is 1. The van der Waals surface area contributed by atoms with Gasteiger partial charge >= 0.3 is 0 Å². The molecule has 0 spiro atoms. The van der Waals surface area contributed by atoms with Crippen LogP contribution in [0.1, 0.15) is 5.56 Å². The summed E-state index contributed by atoms with van der Waals surface area (Å²) < 4.78 is 5.34. The van der Waals surface area contributed by atoms with Crippen LogP contribution in [0.2, 0.25) is 0 Å². The molecule has 2 heterocycles. The first-order chi connectivity index (χ1) is 7.38. The van der Waals surface area contributed by atoms with E-state index in [1.165, 1.54) is 5.56 Å². The molecule has 2 aliphatic heterocycles. The molecule has 0 aromatic heterocycles. The highest BCUT2D eigenvalue weighted by molar-refractivity contribution is 5.87. The van der Waals surface area contributed by atoms with E-state index in [9.17, 15) is 0 Å². The first kappa shape index (κ1) is 8.59. The van der Waals surface area contributed by atoms with Gasteiger partial charge in [-0.3, -0.25) is 0 Å². The maximum absolute atomic E-state index is 5.34. The zero-order chi connectivity index (χ0) is 10.3. The van der Waals surface area contributed by atoms with Crippen molar-refractivity contribution in [1.82, 2.24) is 10.2 Å². The van der Waals surface area contributed by atoms with Gasteiger partial charge in [0.15, 0.2) is 5.96 Å². The maximum Gasteiger partial charge on any atom is 0.199 e. The first-order valence-corrected chi connectivity index (χ1v) is 5.12. The van der Waals surface area contributed by atoms with Crippen LogP contribution in [-0.4, -0.2) is 31.1 Å². The van der Waals surface area contributed by atoms with Gasteiger partial charge in [-0.15, -0.1) is 0 Å². The second-order valence-corrected chi connectivity index (χ2v) is 3.74. The van der Waals surface area contributed by atoms with Gasteiger partial charge < -0.3 is 15.0 Å². The lowest BCUT2D eigenvalue weighted by molar-refractivity contribution is 0.390. The van der Waals surface area contributed by atoms with Gasteiger partial charge in [-0.05, 0) is 12.1 Å². The summed E-state index contributed by atoms with van der Waals surface area (Å²) in [4.78, 5) is 6.81. The molecule has 0 aliphatic carbocycles. The van der Waals surface area contributed by atoms with Gasteiger partial charge in [-0.2, -0.15) is 0 Å². The topological polar surface area (TPSA) is 36.9 Å². The van der Waals surface area contributed by atoms with Crippen molar-refractivity contribution in [3.63, 3.8) is 0 Å². The number of hydrogen-bond donors (Lipinski definition) is 1. The fourth-order valence-electron chi connectivity index (χ4n) is 2.10. The van der Waals surface area contributed by atoms with Crippen LogP contribution in [0.15, 0.2) is 23.2 Å². The van der Waals surface area contributed by atoms with Crippen molar-refractivity contribution in [2.24, 2.45) is 4.99 Å². The number of guanidine groups is 1. The van der Waals surface area contributed by atoms with Crippen LogP contribution in [-0.2, 0) is 6.54 Å². The van der Waals surface area contributed by atoms with Crippen LogP contribution >= 0.6 is 0 Å². The van der Waals surface area contributed by atoms with E-state index in [2.05, 4.69) is 15.2 Å². The molecule has 1 fully saturated rings. The Morgan fingerprint density at radius 3 is 3.27 bits per heavy atom. The van der Waals surface area contributed by atoms with Crippen LogP contribution in [0.4, 0.5) is 5.69 Å². The lowest BCUT2D eigenvalue weighted by Gasteiger charge is -2.24. The van der Waals surface area contributed by atoms with E-state index in [4.69, 9.17) is 4.74 Å². The minimum atomic E-state index is 0.894. The van der Waals surface area contributed by atoms with Gasteiger partial charge in [0.05, 0.1) is 19.3 Å². The molecule has 0 amide bonds. The van der Waals surface area contributed by atoms with Crippen molar-refractivity contribution in [2.45, 2.75) is 6.54 Å². The average molecular weight is 203 g/mol. The number of methoxy groups -OCH3 is 1. The fourth-order valence-corrected chi connectivity index (χ4v) is 2.10. The molecule has 1 aromatic carbocycles. The molecule has 0 radical (unpaired) electrons. The predicted molar refractivity (Wildman–Crippen MR) is 58.5 cm³/mol. The first-order valence-electron chi connectivity index (χ1n) is 5.12. The summed E-state index contributed by atoms with van der Waals surface area (Å²) in [5.74, 6) is 1.93. The molecule has 4 heteroatoms. The van der Waals surface area contributed by atoms with Crippen LogP contribution in [0.5, 0.6) is 5.75 Å². The van der Waals surface area contributed by atoms with E-state index in [-0.39, 0.29) is 0 Å². The van der Waals surface area contributed by atoms with E-state index in [1.54, 1.807) is 7.11 Å².